The first-order valence-corrected chi connectivity index (χ1v) is 7.83. The molecule has 1 aromatic heterocycles. The molecule has 3 rings (SSSR count). The molecule has 1 saturated carbocycles. The number of carbonyl (C=O) groups excluding carboxylic acids is 1. The minimum absolute atomic E-state index is 0.0317. The SMILES string of the molecule is CC1(C)CN(C(=O)c2cc(C3CC3)[nH]c(=O)c2)CC(C(F)(F)F)O1. The van der Waals surface area contributed by atoms with Crippen LogP contribution in [0.2, 0.25) is 0 Å². The van der Waals surface area contributed by atoms with Gasteiger partial charge in [0, 0.05) is 23.9 Å². The lowest BCUT2D eigenvalue weighted by atomic mass is 10.0. The highest BCUT2D eigenvalue weighted by atomic mass is 19.4. The van der Waals surface area contributed by atoms with Gasteiger partial charge in [-0.25, -0.2) is 0 Å². The molecule has 0 bridgehead atoms. The van der Waals surface area contributed by atoms with E-state index in [1.54, 1.807) is 6.07 Å². The van der Waals surface area contributed by atoms with E-state index >= 15 is 0 Å². The number of aromatic amines is 1. The van der Waals surface area contributed by atoms with Crippen LogP contribution in [0.15, 0.2) is 16.9 Å². The van der Waals surface area contributed by atoms with Gasteiger partial charge < -0.3 is 14.6 Å². The van der Waals surface area contributed by atoms with Crippen molar-refractivity contribution in [2.24, 2.45) is 0 Å². The molecule has 132 valence electrons. The summed E-state index contributed by atoms with van der Waals surface area (Å²) in [5.74, 6) is -0.344. The lowest BCUT2D eigenvalue weighted by molar-refractivity contribution is -0.267. The van der Waals surface area contributed by atoms with Crippen molar-refractivity contribution in [3.8, 4) is 0 Å². The summed E-state index contributed by atoms with van der Waals surface area (Å²) < 4.78 is 44.2. The summed E-state index contributed by atoms with van der Waals surface area (Å²) in [7, 11) is 0. The van der Waals surface area contributed by atoms with E-state index in [1.807, 2.05) is 0 Å². The fraction of sp³-hybridized carbons (Fsp3) is 0.625. The van der Waals surface area contributed by atoms with Crippen LogP contribution in [0.4, 0.5) is 13.2 Å². The van der Waals surface area contributed by atoms with Gasteiger partial charge in [-0.1, -0.05) is 0 Å². The third-order valence-corrected chi connectivity index (χ3v) is 4.20. The van der Waals surface area contributed by atoms with Crippen LogP contribution in [0.1, 0.15) is 48.7 Å². The van der Waals surface area contributed by atoms with Crippen LogP contribution in [0.3, 0.4) is 0 Å². The number of H-pyrrole nitrogens is 1. The molecule has 5 nitrogen and oxygen atoms in total. The molecule has 1 amide bonds. The summed E-state index contributed by atoms with van der Waals surface area (Å²) in [6, 6.07) is 2.71. The van der Waals surface area contributed by atoms with E-state index in [4.69, 9.17) is 4.74 Å². The third-order valence-electron chi connectivity index (χ3n) is 4.20. The summed E-state index contributed by atoms with van der Waals surface area (Å²) in [6.45, 7) is 2.48. The predicted octanol–water partition coefficient (Wildman–Crippen LogP) is 2.43. The van der Waals surface area contributed by atoms with Crippen molar-refractivity contribution in [3.05, 3.63) is 33.7 Å². The number of rotatable bonds is 2. The zero-order valence-corrected chi connectivity index (χ0v) is 13.4. The van der Waals surface area contributed by atoms with E-state index in [0.29, 0.717) is 5.69 Å². The van der Waals surface area contributed by atoms with Crippen molar-refractivity contribution in [3.63, 3.8) is 0 Å². The number of aromatic nitrogens is 1. The van der Waals surface area contributed by atoms with Gasteiger partial charge in [-0.15, -0.1) is 0 Å². The maximum Gasteiger partial charge on any atom is 0.416 e. The summed E-state index contributed by atoms with van der Waals surface area (Å²) in [4.78, 5) is 28.2. The van der Waals surface area contributed by atoms with Gasteiger partial charge in [0.05, 0.1) is 12.1 Å². The Morgan fingerprint density at radius 2 is 2.00 bits per heavy atom. The molecule has 0 aromatic carbocycles. The van der Waals surface area contributed by atoms with Crippen molar-refractivity contribution >= 4 is 5.91 Å². The minimum Gasteiger partial charge on any atom is -0.359 e. The quantitative estimate of drug-likeness (QED) is 0.896. The molecule has 2 aliphatic rings. The molecule has 1 aliphatic carbocycles. The highest BCUT2D eigenvalue weighted by molar-refractivity contribution is 5.94. The number of amides is 1. The van der Waals surface area contributed by atoms with Gasteiger partial charge in [0.2, 0.25) is 5.56 Å². The molecular weight excluding hydrogens is 325 g/mol. The van der Waals surface area contributed by atoms with Crippen LogP contribution in [-0.4, -0.2) is 46.8 Å². The van der Waals surface area contributed by atoms with Gasteiger partial charge in [0.1, 0.15) is 0 Å². The number of halogens is 3. The van der Waals surface area contributed by atoms with Crippen molar-refractivity contribution < 1.29 is 22.7 Å². The number of hydrogen-bond donors (Lipinski definition) is 1. The molecule has 1 N–H and O–H groups in total. The summed E-state index contributed by atoms with van der Waals surface area (Å²) >= 11 is 0. The van der Waals surface area contributed by atoms with Gasteiger partial charge in [-0.2, -0.15) is 13.2 Å². The van der Waals surface area contributed by atoms with Crippen LogP contribution < -0.4 is 5.56 Å². The van der Waals surface area contributed by atoms with Gasteiger partial charge >= 0.3 is 6.18 Å². The first kappa shape index (κ1) is 17.0. The molecule has 0 spiro atoms. The molecule has 8 heteroatoms. The van der Waals surface area contributed by atoms with Crippen molar-refractivity contribution in [2.75, 3.05) is 13.1 Å². The van der Waals surface area contributed by atoms with Crippen LogP contribution in [0, 0.1) is 0 Å². The molecule has 1 aliphatic heterocycles. The maximum atomic E-state index is 13.0. The van der Waals surface area contributed by atoms with E-state index in [0.717, 1.165) is 23.8 Å². The molecule has 2 heterocycles. The molecule has 1 aromatic rings. The average Bonchev–Trinajstić information content (AvgIpc) is 3.27. The van der Waals surface area contributed by atoms with Crippen molar-refractivity contribution in [2.45, 2.75) is 50.5 Å². The van der Waals surface area contributed by atoms with Crippen LogP contribution in [0.5, 0.6) is 0 Å². The molecule has 0 radical (unpaired) electrons. The zero-order valence-electron chi connectivity index (χ0n) is 13.4. The summed E-state index contributed by atoms with van der Waals surface area (Å²) in [6.07, 6.45) is -4.71. The monoisotopic (exact) mass is 344 g/mol. The molecule has 1 unspecified atom stereocenters. The lowest BCUT2D eigenvalue weighted by Gasteiger charge is -2.43. The Hall–Kier alpha value is -1.83. The first-order chi connectivity index (χ1) is 11.0. The number of morpholine rings is 1. The number of alkyl halides is 3. The van der Waals surface area contributed by atoms with Crippen LogP contribution >= 0.6 is 0 Å². The van der Waals surface area contributed by atoms with E-state index in [9.17, 15) is 22.8 Å². The predicted molar refractivity (Wildman–Crippen MR) is 79.9 cm³/mol. The number of ether oxygens (including phenoxy) is 1. The standard InChI is InChI=1S/C16H19F3N2O3/c1-15(2)8-21(7-12(24-15)16(17,18)19)14(23)10-5-11(9-3-4-9)20-13(22)6-10/h5-6,9,12H,3-4,7-8H2,1-2H3,(H,20,22). The topological polar surface area (TPSA) is 62.4 Å². The highest BCUT2D eigenvalue weighted by Crippen LogP contribution is 2.39. The number of pyridine rings is 1. The average molecular weight is 344 g/mol. The Labute approximate surface area is 136 Å². The number of carbonyl (C=O) groups is 1. The van der Waals surface area contributed by atoms with Crippen molar-refractivity contribution in [1.29, 1.82) is 0 Å². The molecule has 1 saturated heterocycles. The lowest BCUT2D eigenvalue weighted by Crippen LogP contribution is -2.58. The van der Waals surface area contributed by atoms with E-state index in [2.05, 4.69) is 4.98 Å². The first-order valence-electron chi connectivity index (χ1n) is 7.83. The van der Waals surface area contributed by atoms with Crippen LogP contribution in [0.25, 0.3) is 0 Å². The van der Waals surface area contributed by atoms with E-state index < -0.39 is 35.9 Å². The highest BCUT2D eigenvalue weighted by Gasteiger charge is 2.49. The Kier molecular flexibility index (Phi) is 3.98. The molecule has 1 atom stereocenters. The van der Waals surface area contributed by atoms with Crippen molar-refractivity contribution in [1.82, 2.24) is 9.88 Å². The van der Waals surface area contributed by atoms with Gasteiger partial charge in [0.25, 0.3) is 5.91 Å². The van der Waals surface area contributed by atoms with Gasteiger partial charge in [-0.05, 0) is 38.7 Å². The number of hydrogen-bond acceptors (Lipinski definition) is 3. The number of nitrogens with one attached hydrogen (secondary N) is 1. The third kappa shape index (κ3) is 3.63. The second-order valence-corrected chi connectivity index (χ2v) is 7.06. The Balaban J connectivity index is 1.87. The Morgan fingerprint density at radius 3 is 2.58 bits per heavy atom. The van der Waals surface area contributed by atoms with Gasteiger partial charge in [-0.3, -0.25) is 9.59 Å². The summed E-state index contributed by atoms with van der Waals surface area (Å²) in [5, 5.41) is 0. The number of nitrogens with zero attached hydrogens (tertiary/aromatic N) is 1. The Morgan fingerprint density at radius 1 is 1.33 bits per heavy atom. The van der Waals surface area contributed by atoms with E-state index in [1.165, 1.54) is 13.8 Å². The second-order valence-electron chi connectivity index (χ2n) is 7.06. The molecule has 24 heavy (non-hydrogen) atoms. The van der Waals surface area contributed by atoms with Gasteiger partial charge in [0.15, 0.2) is 6.10 Å². The van der Waals surface area contributed by atoms with E-state index in [-0.39, 0.29) is 18.0 Å². The minimum atomic E-state index is -4.55. The van der Waals surface area contributed by atoms with Crippen LogP contribution in [-0.2, 0) is 4.74 Å². The smallest absolute Gasteiger partial charge is 0.359 e. The Bertz CT molecular complexity index is 707. The summed E-state index contributed by atoms with van der Waals surface area (Å²) in [5.41, 5.74) is -0.734. The fourth-order valence-corrected chi connectivity index (χ4v) is 2.99. The zero-order chi connectivity index (χ0) is 17.7. The normalized spacial score (nSPS) is 24.0. The molecule has 2 fully saturated rings. The fourth-order valence-electron chi connectivity index (χ4n) is 2.99. The second kappa shape index (κ2) is 5.61. The largest absolute Gasteiger partial charge is 0.416 e. The maximum absolute atomic E-state index is 13.0. The molecular formula is C16H19F3N2O3.